The summed E-state index contributed by atoms with van der Waals surface area (Å²) in [5.41, 5.74) is 0.192. The van der Waals surface area contributed by atoms with E-state index >= 15 is 0 Å². The summed E-state index contributed by atoms with van der Waals surface area (Å²) in [6, 6.07) is 5.79. The Morgan fingerprint density at radius 3 is 2.70 bits per heavy atom. The van der Waals surface area contributed by atoms with Gasteiger partial charge in [-0.1, -0.05) is 11.6 Å². The molecule has 2 rings (SSSR count). The number of halogens is 1. The number of benzene rings is 1. The Hall–Kier alpha value is -1.62. The van der Waals surface area contributed by atoms with Crippen LogP contribution in [0.15, 0.2) is 23.1 Å². The van der Waals surface area contributed by atoms with Crippen LogP contribution in [0, 0.1) is 11.3 Å². The molecule has 1 saturated carbocycles. The van der Waals surface area contributed by atoms with Gasteiger partial charge in [0.25, 0.3) is 0 Å². The largest absolute Gasteiger partial charge is 0.352 e. The van der Waals surface area contributed by atoms with Crippen molar-refractivity contribution in [3.05, 3.63) is 28.8 Å². The van der Waals surface area contributed by atoms with E-state index in [0.29, 0.717) is 0 Å². The summed E-state index contributed by atoms with van der Waals surface area (Å²) in [5.74, 6) is -0.365. The molecular formula is C12H12ClN3O3S. The van der Waals surface area contributed by atoms with Crippen molar-refractivity contribution in [3.8, 4) is 6.07 Å². The number of rotatable bonds is 5. The summed E-state index contributed by atoms with van der Waals surface area (Å²) in [6.45, 7) is -0.323. The molecule has 0 heterocycles. The molecule has 1 amide bonds. The van der Waals surface area contributed by atoms with E-state index in [2.05, 4.69) is 10.0 Å². The third-order valence-corrected chi connectivity index (χ3v) is 4.45. The van der Waals surface area contributed by atoms with Crippen molar-refractivity contribution in [1.82, 2.24) is 10.0 Å². The van der Waals surface area contributed by atoms with Crippen molar-refractivity contribution in [2.45, 2.75) is 23.8 Å². The molecule has 0 unspecified atom stereocenters. The van der Waals surface area contributed by atoms with Crippen LogP contribution in [0.5, 0.6) is 0 Å². The lowest BCUT2D eigenvalue weighted by molar-refractivity contribution is -0.120. The van der Waals surface area contributed by atoms with Crippen LogP contribution in [-0.4, -0.2) is 26.9 Å². The van der Waals surface area contributed by atoms with Gasteiger partial charge in [-0.3, -0.25) is 4.79 Å². The first-order valence-electron chi connectivity index (χ1n) is 5.91. The van der Waals surface area contributed by atoms with Gasteiger partial charge >= 0.3 is 0 Å². The molecule has 1 aromatic carbocycles. The van der Waals surface area contributed by atoms with Gasteiger partial charge in [0.05, 0.1) is 22.0 Å². The lowest BCUT2D eigenvalue weighted by Gasteiger charge is -2.07. The van der Waals surface area contributed by atoms with E-state index in [1.54, 1.807) is 0 Å². The Labute approximate surface area is 121 Å². The van der Waals surface area contributed by atoms with Gasteiger partial charge in [-0.2, -0.15) is 5.26 Å². The van der Waals surface area contributed by atoms with E-state index < -0.39 is 10.0 Å². The number of nitrogens with one attached hydrogen (secondary N) is 2. The Bertz CT molecular complexity index is 678. The summed E-state index contributed by atoms with van der Waals surface area (Å²) < 4.78 is 26.1. The maximum Gasteiger partial charge on any atom is 0.241 e. The van der Waals surface area contributed by atoms with E-state index in [0.717, 1.165) is 12.8 Å². The van der Waals surface area contributed by atoms with Gasteiger partial charge in [0, 0.05) is 6.04 Å². The van der Waals surface area contributed by atoms with Crippen LogP contribution in [0.4, 0.5) is 0 Å². The van der Waals surface area contributed by atoms with Crippen LogP contribution in [0.25, 0.3) is 0 Å². The predicted octanol–water partition coefficient (Wildman–Crippen LogP) is 0.769. The van der Waals surface area contributed by atoms with E-state index in [1.807, 2.05) is 6.07 Å². The van der Waals surface area contributed by atoms with Gasteiger partial charge < -0.3 is 5.32 Å². The zero-order valence-corrected chi connectivity index (χ0v) is 12.0. The van der Waals surface area contributed by atoms with Gasteiger partial charge in [-0.05, 0) is 31.0 Å². The fourth-order valence-electron chi connectivity index (χ4n) is 1.50. The van der Waals surface area contributed by atoms with Crippen molar-refractivity contribution in [1.29, 1.82) is 5.26 Å². The van der Waals surface area contributed by atoms with E-state index in [4.69, 9.17) is 16.9 Å². The molecule has 0 aliphatic heterocycles. The Balaban J connectivity index is 2.04. The average molecular weight is 314 g/mol. The van der Waals surface area contributed by atoms with Gasteiger partial charge in [0.1, 0.15) is 6.07 Å². The van der Waals surface area contributed by atoms with Crippen molar-refractivity contribution >= 4 is 27.5 Å². The highest BCUT2D eigenvalue weighted by Crippen LogP contribution is 2.20. The minimum Gasteiger partial charge on any atom is -0.352 e. The molecule has 8 heteroatoms. The van der Waals surface area contributed by atoms with Crippen LogP contribution in [-0.2, 0) is 14.8 Å². The Kier molecular flexibility index (Phi) is 4.28. The Morgan fingerprint density at radius 2 is 2.15 bits per heavy atom. The molecule has 1 aliphatic rings. The lowest BCUT2D eigenvalue weighted by Crippen LogP contribution is -2.37. The minimum absolute atomic E-state index is 0.0535. The third-order valence-electron chi connectivity index (χ3n) is 2.74. The van der Waals surface area contributed by atoms with Crippen molar-refractivity contribution in [3.63, 3.8) is 0 Å². The number of carbonyl (C=O) groups is 1. The van der Waals surface area contributed by atoms with E-state index in [-0.39, 0.29) is 34.0 Å². The summed E-state index contributed by atoms with van der Waals surface area (Å²) >= 11 is 5.78. The van der Waals surface area contributed by atoms with E-state index in [9.17, 15) is 13.2 Å². The maximum atomic E-state index is 12.0. The number of hydrogen-bond donors (Lipinski definition) is 2. The average Bonchev–Trinajstić information content (AvgIpc) is 3.20. The molecule has 1 aliphatic carbocycles. The van der Waals surface area contributed by atoms with E-state index in [1.165, 1.54) is 18.2 Å². The molecule has 0 aromatic heterocycles. The van der Waals surface area contributed by atoms with Gasteiger partial charge in [-0.25, -0.2) is 13.1 Å². The number of carbonyl (C=O) groups excluding carboxylic acids is 1. The predicted molar refractivity (Wildman–Crippen MR) is 72.5 cm³/mol. The third kappa shape index (κ3) is 3.70. The highest BCUT2D eigenvalue weighted by molar-refractivity contribution is 7.89. The molecule has 1 aromatic rings. The molecule has 0 radical (unpaired) electrons. The molecule has 1 fully saturated rings. The van der Waals surface area contributed by atoms with Gasteiger partial charge in [0.15, 0.2) is 0 Å². The zero-order chi connectivity index (χ0) is 14.8. The van der Waals surface area contributed by atoms with Crippen LogP contribution < -0.4 is 10.0 Å². The topological polar surface area (TPSA) is 99.1 Å². The van der Waals surface area contributed by atoms with Crippen LogP contribution in [0.2, 0.25) is 5.02 Å². The number of nitriles is 1. The van der Waals surface area contributed by atoms with Crippen LogP contribution >= 0.6 is 11.6 Å². The second-order valence-corrected chi connectivity index (χ2v) is 6.59. The highest BCUT2D eigenvalue weighted by atomic mass is 35.5. The standard InChI is InChI=1S/C12H12ClN3O3S/c13-11-5-10(4-1-8(11)6-14)20(18,19)15-7-12(17)16-9-2-3-9/h1,4-5,9,15H,2-3,7H2,(H,16,17). The fourth-order valence-corrected chi connectivity index (χ4v) is 2.80. The van der Waals surface area contributed by atoms with Gasteiger partial charge in [0.2, 0.25) is 15.9 Å². The van der Waals surface area contributed by atoms with Crippen molar-refractivity contribution in [2.24, 2.45) is 0 Å². The van der Waals surface area contributed by atoms with Crippen LogP contribution in [0.3, 0.4) is 0 Å². The first kappa shape index (κ1) is 14.8. The van der Waals surface area contributed by atoms with Crippen LogP contribution in [0.1, 0.15) is 18.4 Å². The summed E-state index contributed by atoms with van der Waals surface area (Å²) in [4.78, 5) is 11.3. The number of sulfonamides is 1. The second kappa shape index (κ2) is 5.79. The first-order chi connectivity index (χ1) is 9.42. The molecule has 0 spiro atoms. The lowest BCUT2D eigenvalue weighted by atomic mass is 10.2. The summed E-state index contributed by atoms with van der Waals surface area (Å²) in [7, 11) is -3.82. The quantitative estimate of drug-likeness (QED) is 0.838. The van der Waals surface area contributed by atoms with Crippen molar-refractivity contribution in [2.75, 3.05) is 6.54 Å². The molecule has 0 bridgehead atoms. The maximum absolute atomic E-state index is 12.0. The smallest absolute Gasteiger partial charge is 0.241 e. The molecule has 20 heavy (non-hydrogen) atoms. The highest BCUT2D eigenvalue weighted by Gasteiger charge is 2.24. The number of amides is 1. The molecule has 2 N–H and O–H groups in total. The number of hydrogen-bond acceptors (Lipinski definition) is 4. The molecule has 0 atom stereocenters. The SMILES string of the molecule is N#Cc1ccc(S(=O)(=O)NCC(=O)NC2CC2)cc1Cl. The van der Waals surface area contributed by atoms with Gasteiger partial charge in [-0.15, -0.1) is 0 Å². The number of nitrogens with zero attached hydrogens (tertiary/aromatic N) is 1. The normalized spacial score (nSPS) is 14.6. The molecule has 0 saturated heterocycles. The summed E-state index contributed by atoms with van der Waals surface area (Å²) in [5, 5.41) is 11.5. The minimum atomic E-state index is -3.82. The van der Waals surface area contributed by atoms with Crippen molar-refractivity contribution < 1.29 is 13.2 Å². The molecule has 106 valence electrons. The molecular weight excluding hydrogens is 302 g/mol. The molecule has 6 nitrogen and oxygen atoms in total. The Morgan fingerprint density at radius 1 is 1.45 bits per heavy atom. The zero-order valence-electron chi connectivity index (χ0n) is 10.4. The summed E-state index contributed by atoms with van der Waals surface area (Å²) in [6.07, 6.45) is 1.87. The first-order valence-corrected chi connectivity index (χ1v) is 7.77. The monoisotopic (exact) mass is 313 g/mol. The fraction of sp³-hybridized carbons (Fsp3) is 0.333. The second-order valence-electron chi connectivity index (χ2n) is 4.42.